The summed E-state index contributed by atoms with van der Waals surface area (Å²) < 4.78 is 5.28. The molecule has 2 saturated heterocycles. The zero-order valence-electron chi connectivity index (χ0n) is 20.4. The number of carbonyl (C=O) groups excluding carboxylic acids is 5. The average molecular weight is 537 g/mol. The van der Waals surface area contributed by atoms with Crippen molar-refractivity contribution in [2.45, 2.75) is 63.3 Å². The number of nitrogens with one attached hydrogen (secondary N) is 3. The van der Waals surface area contributed by atoms with Gasteiger partial charge in [-0.15, -0.1) is 12.4 Å². The SMILES string of the molecule is Cl.N=C(N)NCCC[C@@H](C=O)NC(=O)[C@@H]1CCCN1C(=O)[C@@H]1CCC(=O)N1C(=O)OCc1ccccc1. The molecule has 12 nitrogen and oxygen atoms in total. The molecule has 3 rings (SSSR count). The summed E-state index contributed by atoms with van der Waals surface area (Å²) in [5.74, 6) is -1.61. The number of halogens is 1. The molecule has 2 heterocycles. The van der Waals surface area contributed by atoms with Gasteiger partial charge in [-0.1, -0.05) is 30.3 Å². The number of rotatable bonds is 10. The molecular weight excluding hydrogens is 504 g/mol. The van der Waals surface area contributed by atoms with Crippen molar-refractivity contribution in [2.75, 3.05) is 13.1 Å². The molecule has 37 heavy (non-hydrogen) atoms. The van der Waals surface area contributed by atoms with Crippen molar-refractivity contribution in [1.29, 1.82) is 5.41 Å². The molecule has 2 aliphatic heterocycles. The molecule has 1 aromatic carbocycles. The summed E-state index contributed by atoms with van der Waals surface area (Å²) in [7, 11) is 0. The van der Waals surface area contributed by atoms with Gasteiger partial charge >= 0.3 is 6.09 Å². The fraction of sp³-hybridized carbons (Fsp3) is 0.500. The molecule has 0 spiro atoms. The number of hydrogen-bond acceptors (Lipinski definition) is 7. The lowest BCUT2D eigenvalue weighted by atomic mass is 10.1. The van der Waals surface area contributed by atoms with Gasteiger partial charge in [-0.05, 0) is 37.7 Å². The predicted molar refractivity (Wildman–Crippen MR) is 136 cm³/mol. The van der Waals surface area contributed by atoms with E-state index in [9.17, 15) is 24.0 Å². The molecule has 5 N–H and O–H groups in total. The summed E-state index contributed by atoms with van der Waals surface area (Å²) in [6, 6.07) is 6.41. The number of likely N-dealkylation sites (tertiary alicyclic amines) is 2. The van der Waals surface area contributed by atoms with Gasteiger partial charge in [0, 0.05) is 19.5 Å². The lowest BCUT2D eigenvalue weighted by Gasteiger charge is -2.30. The van der Waals surface area contributed by atoms with E-state index in [0.717, 1.165) is 10.5 Å². The molecule has 0 aromatic heterocycles. The van der Waals surface area contributed by atoms with Crippen LogP contribution in [0.1, 0.15) is 44.1 Å². The lowest BCUT2D eigenvalue weighted by Crippen LogP contribution is -2.54. The van der Waals surface area contributed by atoms with Gasteiger partial charge in [0.05, 0.1) is 6.04 Å². The van der Waals surface area contributed by atoms with Crippen LogP contribution in [-0.2, 0) is 30.5 Å². The predicted octanol–water partition coefficient (Wildman–Crippen LogP) is 0.674. The van der Waals surface area contributed by atoms with Crippen molar-refractivity contribution >= 4 is 48.5 Å². The molecule has 0 bridgehead atoms. The van der Waals surface area contributed by atoms with Crippen molar-refractivity contribution in [3.05, 3.63) is 35.9 Å². The van der Waals surface area contributed by atoms with E-state index in [1.807, 2.05) is 6.07 Å². The van der Waals surface area contributed by atoms with Crippen molar-refractivity contribution in [1.82, 2.24) is 20.4 Å². The molecule has 0 unspecified atom stereocenters. The Bertz CT molecular complexity index is 993. The van der Waals surface area contributed by atoms with Crippen LogP contribution >= 0.6 is 12.4 Å². The lowest BCUT2D eigenvalue weighted by molar-refractivity contribution is -0.144. The highest BCUT2D eigenvalue weighted by molar-refractivity contribution is 6.01. The van der Waals surface area contributed by atoms with Crippen LogP contribution in [0.2, 0.25) is 0 Å². The van der Waals surface area contributed by atoms with Crippen LogP contribution in [-0.4, -0.2) is 77.1 Å². The molecule has 202 valence electrons. The van der Waals surface area contributed by atoms with Crippen LogP contribution in [0.15, 0.2) is 30.3 Å². The Kier molecular flexibility index (Phi) is 11.3. The quantitative estimate of drug-likeness (QED) is 0.146. The molecular formula is C24H33ClN6O6. The Labute approximate surface area is 221 Å². The molecule has 0 saturated carbocycles. The number of amides is 4. The summed E-state index contributed by atoms with van der Waals surface area (Å²) >= 11 is 0. The minimum atomic E-state index is -1.03. The zero-order chi connectivity index (χ0) is 26.1. The number of ether oxygens (including phenoxy) is 1. The van der Waals surface area contributed by atoms with Gasteiger partial charge in [0.1, 0.15) is 25.0 Å². The standard InChI is InChI=1S/C24H32N6O6.ClH/c25-23(26)27-12-4-8-17(14-31)28-21(33)18-9-5-13-29(18)22(34)19-10-11-20(32)30(19)24(35)36-15-16-6-2-1-3-7-16;/h1-3,6-7,14,17-19H,4-5,8-13,15H2,(H,28,33)(H4,25,26,27);1H/t17-,18-,19-;/m0./s1. The summed E-state index contributed by atoms with van der Waals surface area (Å²) in [4.78, 5) is 65.1. The van der Waals surface area contributed by atoms with Crippen molar-refractivity contribution < 1.29 is 28.7 Å². The monoisotopic (exact) mass is 536 g/mol. The van der Waals surface area contributed by atoms with Gasteiger partial charge < -0.3 is 30.8 Å². The molecule has 13 heteroatoms. The maximum atomic E-state index is 13.4. The number of imide groups is 1. The number of carbonyl (C=O) groups is 5. The molecule has 0 aliphatic carbocycles. The summed E-state index contributed by atoms with van der Waals surface area (Å²) in [5.41, 5.74) is 5.97. The highest BCUT2D eigenvalue weighted by Crippen LogP contribution is 2.26. The third-order valence-corrected chi connectivity index (χ3v) is 6.24. The van der Waals surface area contributed by atoms with E-state index in [1.54, 1.807) is 24.3 Å². The zero-order valence-corrected chi connectivity index (χ0v) is 21.2. The smallest absolute Gasteiger partial charge is 0.417 e. The Balaban J connectivity index is 0.00000481. The number of nitrogens with zero attached hydrogens (tertiary/aromatic N) is 2. The maximum Gasteiger partial charge on any atom is 0.417 e. The summed E-state index contributed by atoms with van der Waals surface area (Å²) in [6.07, 6.45) is 1.76. The minimum absolute atomic E-state index is 0. The molecule has 2 aliphatic rings. The van der Waals surface area contributed by atoms with Crippen LogP contribution in [0.4, 0.5) is 4.79 Å². The highest BCUT2D eigenvalue weighted by atomic mass is 35.5. The number of aldehydes is 1. The van der Waals surface area contributed by atoms with Gasteiger partial charge in [-0.3, -0.25) is 19.8 Å². The first kappa shape index (κ1) is 29.6. The Morgan fingerprint density at radius 3 is 2.59 bits per heavy atom. The van der Waals surface area contributed by atoms with E-state index in [2.05, 4.69) is 10.6 Å². The molecule has 2 fully saturated rings. The second-order valence-electron chi connectivity index (χ2n) is 8.78. The summed E-state index contributed by atoms with van der Waals surface area (Å²) in [6.45, 7) is 0.659. The van der Waals surface area contributed by atoms with Gasteiger partial charge in [-0.2, -0.15) is 0 Å². The van der Waals surface area contributed by atoms with Crippen LogP contribution < -0.4 is 16.4 Å². The highest BCUT2D eigenvalue weighted by Gasteiger charge is 2.46. The number of hydrogen-bond donors (Lipinski definition) is 4. The third kappa shape index (κ3) is 7.91. The average Bonchev–Trinajstić information content (AvgIpc) is 3.51. The number of guanidine groups is 1. The Hall–Kier alpha value is -3.67. The molecule has 0 radical (unpaired) electrons. The maximum absolute atomic E-state index is 13.4. The second-order valence-corrected chi connectivity index (χ2v) is 8.78. The number of benzene rings is 1. The normalized spacial score (nSPS) is 19.5. The van der Waals surface area contributed by atoms with Crippen LogP contribution in [0.3, 0.4) is 0 Å². The molecule has 1 aromatic rings. The van der Waals surface area contributed by atoms with E-state index in [-0.39, 0.29) is 37.8 Å². The molecule has 3 atom stereocenters. The van der Waals surface area contributed by atoms with E-state index >= 15 is 0 Å². The van der Waals surface area contributed by atoms with Crippen LogP contribution in [0, 0.1) is 5.41 Å². The topological polar surface area (TPSA) is 175 Å². The van der Waals surface area contributed by atoms with Gasteiger partial charge in [0.15, 0.2) is 5.96 Å². The number of nitrogens with two attached hydrogens (primary N) is 1. The first-order chi connectivity index (χ1) is 17.3. The Morgan fingerprint density at radius 1 is 1.19 bits per heavy atom. The van der Waals surface area contributed by atoms with E-state index in [1.165, 1.54) is 4.90 Å². The fourth-order valence-corrected chi connectivity index (χ4v) is 4.43. The first-order valence-electron chi connectivity index (χ1n) is 12.0. The van der Waals surface area contributed by atoms with Crippen LogP contribution in [0.25, 0.3) is 0 Å². The van der Waals surface area contributed by atoms with Gasteiger partial charge in [0.25, 0.3) is 0 Å². The van der Waals surface area contributed by atoms with Crippen LogP contribution in [0.5, 0.6) is 0 Å². The van der Waals surface area contributed by atoms with Gasteiger partial charge in [-0.25, -0.2) is 9.69 Å². The van der Waals surface area contributed by atoms with Crippen molar-refractivity contribution in [3.63, 3.8) is 0 Å². The van der Waals surface area contributed by atoms with E-state index in [0.29, 0.717) is 45.1 Å². The summed E-state index contributed by atoms with van der Waals surface area (Å²) in [5, 5.41) is 12.4. The van der Waals surface area contributed by atoms with Crippen molar-refractivity contribution in [3.8, 4) is 0 Å². The third-order valence-electron chi connectivity index (χ3n) is 6.24. The van der Waals surface area contributed by atoms with E-state index in [4.69, 9.17) is 15.9 Å². The molecule has 4 amide bonds. The second kappa shape index (κ2) is 14.2. The Morgan fingerprint density at radius 2 is 1.92 bits per heavy atom. The van der Waals surface area contributed by atoms with Crippen molar-refractivity contribution in [2.24, 2.45) is 5.73 Å². The minimum Gasteiger partial charge on any atom is -0.444 e. The van der Waals surface area contributed by atoms with Gasteiger partial charge in [0.2, 0.25) is 17.7 Å². The largest absolute Gasteiger partial charge is 0.444 e. The van der Waals surface area contributed by atoms with E-state index < -0.39 is 41.9 Å². The first-order valence-corrected chi connectivity index (χ1v) is 12.0. The fourth-order valence-electron chi connectivity index (χ4n) is 4.43.